The summed E-state index contributed by atoms with van der Waals surface area (Å²) in [5.41, 5.74) is 1.26. The van der Waals surface area contributed by atoms with Crippen LogP contribution in [0.3, 0.4) is 0 Å². The summed E-state index contributed by atoms with van der Waals surface area (Å²) in [4.78, 5) is 2.34. The summed E-state index contributed by atoms with van der Waals surface area (Å²) in [5, 5.41) is 9.22. The molecule has 0 saturated heterocycles. The predicted molar refractivity (Wildman–Crippen MR) is 70.4 cm³/mol. The van der Waals surface area contributed by atoms with Crippen LogP contribution in [-0.2, 0) is 11.2 Å². The molecule has 1 unspecified atom stereocenters. The Labute approximate surface area is 104 Å². The molecule has 0 heterocycles. The van der Waals surface area contributed by atoms with Crippen molar-refractivity contribution in [2.24, 2.45) is 0 Å². The van der Waals surface area contributed by atoms with Crippen molar-refractivity contribution in [1.29, 1.82) is 0 Å². The van der Waals surface area contributed by atoms with Crippen molar-refractivity contribution in [3.8, 4) is 5.75 Å². The van der Waals surface area contributed by atoms with Crippen LogP contribution in [0.2, 0.25) is 0 Å². The number of rotatable bonds is 7. The van der Waals surface area contributed by atoms with Gasteiger partial charge in [-0.05, 0) is 44.5 Å². The van der Waals surface area contributed by atoms with Gasteiger partial charge < -0.3 is 14.7 Å². The molecule has 0 bridgehead atoms. The molecule has 0 amide bonds. The van der Waals surface area contributed by atoms with Crippen LogP contribution in [-0.4, -0.2) is 43.4 Å². The fourth-order valence-electron chi connectivity index (χ4n) is 1.81. The molecule has 1 aromatic rings. The highest BCUT2D eigenvalue weighted by atomic mass is 16.5. The predicted octanol–water partition coefficient (Wildman–Crippen LogP) is 2.29. The Morgan fingerprint density at radius 2 is 1.94 bits per heavy atom. The molecule has 1 rings (SSSR count). The van der Waals surface area contributed by atoms with E-state index in [2.05, 4.69) is 18.9 Å². The molecule has 0 fully saturated rings. The summed E-state index contributed by atoms with van der Waals surface area (Å²) < 4.78 is 5.05. The van der Waals surface area contributed by atoms with Gasteiger partial charge in [0.15, 0.2) is 0 Å². The Kier molecular flexibility index (Phi) is 6.01. The van der Waals surface area contributed by atoms with Crippen LogP contribution in [0, 0.1) is 0 Å². The first-order valence-corrected chi connectivity index (χ1v) is 6.10. The molecule has 3 heteroatoms. The molecule has 96 valence electrons. The van der Waals surface area contributed by atoms with Crippen LogP contribution in [0.15, 0.2) is 24.3 Å². The first-order chi connectivity index (χ1) is 8.13. The van der Waals surface area contributed by atoms with Gasteiger partial charge in [0.2, 0.25) is 0 Å². The molecule has 0 aliphatic rings. The van der Waals surface area contributed by atoms with Crippen LogP contribution in [0.4, 0.5) is 0 Å². The van der Waals surface area contributed by atoms with Crippen molar-refractivity contribution in [2.75, 3.05) is 27.3 Å². The number of hydrogen-bond acceptors (Lipinski definition) is 3. The average molecular weight is 237 g/mol. The monoisotopic (exact) mass is 237 g/mol. The van der Waals surface area contributed by atoms with Gasteiger partial charge in [-0.1, -0.05) is 12.1 Å². The Bertz CT molecular complexity index is 311. The number of phenolic OH excluding ortho intramolecular Hbond substituents is 1. The number of benzene rings is 1. The molecule has 0 radical (unpaired) electrons. The van der Waals surface area contributed by atoms with E-state index in [0.29, 0.717) is 11.8 Å². The maximum absolute atomic E-state index is 9.22. The third-order valence-electron chi connectivity index (χ3n) is 3.08. The van der Waals surface area contributed by atoms with E-state index in [1.807, 2.05) is 12.1 Å². The molecule has 0 aromatic heterocycles. The Morgan fingerprint density at radius 3 is 2.53 bits per heavy atom. The lowest BCUT2D eigenvalue weighted by Gasteiger charge is -2.24. The fourth-order valence-corrected chi connectivity index (χ4v) is 1.81. The molecule has 17 heavy (non-hydrogen) atoms. The number of phenols is 1. The molecule has 0 spiro atoms. The van der Waals surface area contributed by atoms with Crippen molar-refractivity contribution in [1.82, 2.24) is 4.90 Å². The topological polar surface area (TPSA) is 32.7 Å². The van der Waals surface area contributed by atoms with Crippen LogP contribution >= 0.6 is 0 Å². The van der Waals surface area contributed by atoms with E-state index in [9.17, 15) is 5.11 Å². The third-order valence-corrected chi connectivity index (χ3v) is 3.08. The highest BCUT2D eigenvalue weighted by Crippen LogP contribution is 2.13. The minimum atomic E-state index is 0.329. The van der Waals surface area contributed by atoms with Gasteiger partial charge in [0.1, 0.15) is 5.75 Å². The largest absolute Gasteiger partial charge is 0.508 e. The molecule has 0 saturated carbocycles. The van der Waals surface area contributed by atoms with Gasteiger partial charge in [0, 0.05) is 26.3 Å². The van der Waals surface area contributed by atoms with Gasteiger partial charge in [-0.2, -0.15) is 0 Å². The lowest BCUT2D eigenvalue weighted by Crippen LogP contribution is -2.32. The SMILES string of the molecule is COCCCN(C)C(C)Cc1ccc(O)cc1. The number of nitrogens with zero attached hydrogens (tertiary/aromatic N) is 1. The zero-order valence-corrected chi connectivity index (χ0v) is 11.0. The minimum Gasteiger partial charge on any atom is -0.508 e. The highest BCUT2D eigenvalue weighted by molar-refractivity contribution is 5.26. The van der Waals surface area contributed by atoms with E-state index in [1.165, 1.54) is 5.56 Å². The van der Waals surface area contributed by atoms with Gasteiger partial charge in [-0.25, -0.2) is 0 Å². The first-order valence-electron chi connectivity index (χ1n) is 6.10. The van der Waals surface area contributed by atoms with E-state index in [4.69, 9.17) is 4.74 Å². The molecule has 1 aromatic carbocycles. The van der Waals surface area contributed by atoms with Gasteiger partial charge in [-0.15, -0.1) is 0 Å². The van der Waals surface area contributed by atoms with Crippen molar-refractivity contribution in [3.05, 3.63) is 29.8 Å². The summed E-state index contributed by atoms with van der Waals surface area (Å²) in [6.45, 7) is 4.09. The van der Waals surface area contributed by atoms with Crippen LogP contribution in [0.5, 0.6) is 5.75 Å². The summed E-state index contributed by atoms with van der Waals surface area (Å²) in [6.07, 6.45) is 2.07. The van der Waals surface area contributed by atoms with Crippen molar-refractivity contribution >= 4 is 0 Å². The van der Waals surface area contributed by atoms with Crippen molar-refractivity contribution < 1.29 is 9.84 Å². The van der Waals surface area contributed by atoms with Gasteiger partial charge in [0.25, 0.3) is 0 Å². The molecule has 3 nitrogen and oxygen atoms in total. The smallest absolute Gasteiger partial charge is 0.115 e. The van der Waals surface area contributed by atoms with Crippen molar-refractivity contribution in [2.45, 2.75) is 25.8 Å². The Morgan fingerprint density at radius 1 is 1.29 bits per heavy atom. The molecule has 1 N–H and O–H groups in total. The third kappa shape index (κ3) is 5.20. The summed E-state index contributed by atoms with van der Waals surface area (Å²) >= 11 is 0. The van der Waals surface area contributed by atoms with E-state index in [1.54, 1.807) is 19.2 Å². The minimum absolute atomic E-state index is 0.329. The second kappa shape index (κ2) is 7.30. The molecule has 0 aliphatic heterocycles. The summed E-state index contributed by atoms with van der Waals surface area (Å²) in [6, 6.07) is 7.94. The van der Waals surface area contributed by atoms with Gasteiger partial charge >= 0.3 is 0 Å². The molecule has 1 atom stereocenters. The number of methoxy groups -OCH3 is 1. The lowest BCUT2D eigenvalue weighted by molar-refractivity contribution is 0.168. The number of likely N-dealkylation sites (N-methyl/N-ethyl adjacent to an activating group) is 1. The Balaban J connectivity index is 2.37. The second-order valence-corrected chi connectivity index (χ2v) is 4.55. The van der Waals surface area contributed by atoms with Crippen LogP contribution in [0.25, 0.3) is 0 Å². The normalized spacial score (nSPS) is 12.9. The number of aromatic hydroxyl groups is 1. The summed E-state index contributed by atoms with van der Waals surface area (Å²) in [7, 11) is 3.88. The van der Waals surface area contributed by atoms with Gasteiger partial charge in [0.05, 0.1) is 0 Å². The van der Waals surface area contributed by atoms with E-state index < -0.39 is 0 Å². The molecular weight excluding hydrogens is 214 g/mol. The van der Waals surface area contributed by atoms with E-state index in [-0.39, 0.29) is 0 Å². The highest BCUT2D eigenvalue weighted by Gasteiger charge is 2.09. The second-order valence-electron chi connectivity index (χ2n) is 4.55. The maximum Gasteiger partial charge on any atom is 0.115 e. The molecule has 0 aliphatic carbocycles. The first kappa shape index (κ1) is 14.0. The zero-order chi connectivity index (χ0) is 12.7. The fraction of sp³-hybridized carbons (Fsp3) is 0.571. The van der Waals surface area contributed by atoms with Crippen molar-refractivity contribution in [3.63, 3.8) is 0 Å². The lowest BCUT2D eigenvalue weighted by atomic mass is 10.1. The average Bonchev–Trinajstić information content (AvgIpc) is 2.32. The maximum atomic E-state index is 9.22. The molecular formula is C14H23NO2. The van der Waals surface area contributed by atoms with E-state index >= 15 is 0 Å². The summed E-state index contributed by atoms with van der Waals surface area (Å²) in [5.74, 6) is 0.329. The Hall–Kier alpha value is -1.06. The van der Waals surface area contributed by atoms with E-state index in [0.717, 1.165) is 26.0 Å². The van der Waals surface area contributed by atoms with Crippen LogP contribution in [0.1, 0.15) is 18.9 Å². The number of hydrogen-bond donors (Lipinski definition) is 1. The van der Waals surface area contributed by atoms with Crippen LogP contribution < -0.4 is 0 Å². The van der Waals surface area contributed by atoms with Gasteiger partial charge in [-0.3, -0.25) is 0 Å². The zero-order valence-electron chi connectivity index (χ0n) is 11.0. The quantitative estimate of drug-likeness (QED) is 0.739. The number of ether oxygens (including phenoxy) is 1. The standard InChI is InChI=1S/C14H23NO2/c1-12(15(2)9-4-10-17-3)11-13-5-7-14(16)8-6-13/h5-8,12,16H,4,9-11H2,1-3H3.